The van der Waals surface area contributed by atoms with E-state index in [0.717, 1.165) is 23.6 Å². The van der Waals surface area contributed by atoms with Crippen LogP contribution in [0.3, 0.4) is 0 Å². The summed E-state index contributed by atoms with van der Waals surface area (Å²) in [7, 11) is 0. The second-order valence-electron chi connectivity index (χ2n) is 6.64. The van der Waals surface area contributed by atoms with Gasteiger partial charge in [-0.2, -0.15) is 0 Å². The lowest BCUT2D eigenvalue weighted by Crippen LogP contribution is -2.39. The Balaban J connectivity index is 2.76. The highest BCUT2D eigenvalue weighted by Gasteiger charge is 2.12. The lowest BCUT2D eigenvalue weighted by Gasteiger charge is -2.20. The molecule has 7 heteroatoms. The van der Waals surface area contributed by atoms with E-state index in [1.165, 1.54) is 0 Å². The molecule has 0 aliphatic heterocycles. The zero-order chi connectivity index (χ0) is 20.9. The van der Waals surface area contributed by atoms with E-state index in [0.29, 0.717) is 32.3 Å². The van der Waals surface area contributed by atoms with E-state index >= 15 is 0 Å². The van der Waals surface area contributed by atoms with Crippen LogP contribution in [0.25, 0.3) is 0 Å². The maximum Gasteiger partial charge on any atom is 0.222 e. The fourth-order valence-electron chi connectivity index (χ4n) is 2.50. The molecule has 28 heavy (non-hydrogen) atoms. The van der Waals surface area contributed by atoms with E-state index in [2.05, 4.69) is 27.9 Å². The second-order valence-corrected chi connectivity index (χ2v) is 6.64. The van der Waals surface area contributed by atoms with Crippen molar-refractivity contribution in [1.82, 2.24) is 16.0 Å². The highest BCUT2D eigenvalue weighted by Crippen LogP contribution is 2.30. The van der Waals surface area contributed by atoms with Crippen LogP contribution < -0.4 is 25.4 Å². The SMILES string of the molecule is CCNC(=NCCNC(=O)C(C)C)NC(C)c1ccc(OCC)c(OCC)c1. The number of hydrogen-bond acceptors (Lipinski definition) is 4. The van der Waals surface area contributed by atoms with Crippen LogP contribution in [0.15, 0.2) is 23.2 Å². The molecule has 0 aliphatic carbocycles. The number of nitrogens with one attached hydrogen (secondary N) is 3. The number of carbonyl (C=O) groups excluding carboxylic acids is 1. The number of ether oxygens (including phenoxy) is 2. The van der Waals surface area contributed by atoms with Crippen molar-refractivity contribution in [2.45, 2.75) is 47.6 Å². The molecule has 1 aromatic rings. The summed E-state index contributed by atoms with van der Waals surface area (Å²) in [4.78, 5) is 16.2. The molecular weight excluding hydrogens is 356 g/mol. The molecule has 0 saturated carbocycles. The Morgan fingerprint density at radius 2 is 1.71 bits per heavy atom. The first kappa shape index (κ1) is 23.6. The maximum atomic E-state index is 11.6. The third-order valence-electron chi connectivity index (χ3n) is 3.97. The monoisotopic (exact) mass is 392 g/mol. The lowest BCUT2D eigenvalue weighted by atomic mass is 10.1. The quantitative estimate of drug-likeness (QED) is 0.306. The first-order chi connectivity index (χ1) is 13.4. The van der Waals surface area contributed by atoms with E-state index in [-0.39, 0.29) is 17.9 Å². The summed E-state index contributed by atoms with van der Waals surface area (Å²) in [5.74, 6) is 2.23. The number of benzene rings is 1. The summed E-state index contributed by atoms with van der Waals surface area (Å²) < 4.78 is 11.3. The van der Waals surface area contributed by atoms with Gasteiger partial charge in [0.1, 0.15) is 0 Å². The van der Waals surface area contributed by atoms with Gasteiger partial charge in [-0.1, -0.05) is 19.9 Å². The van der Waals surface area contributed by atoms with Crippen molar-refractivity contribution in [2.75, 3.05) is 32.8 Å². The van der Waals surface area contributed by atoms with Crippen LogP contribution in [-0.4, -0.2) is 44.7 Å². The van der Waals surface area contributed by atoms with Gasteiger partial charge in [-0.3, -0.25) is 9.79 Å². The van der Waals surface area contributed by atoms with Gasteiger partial charge >= 0.3 is 0 Å². The number of rotatable bonds is 11. The number of carbonyl (C=O) groups is 1. The molecule has 1 atom stereocenters. The Hall–Kier alpha value is -2.44. The minimum absolute atomic E-state index is 0.0189. The largest absolute Gasteiger partial charge is 0.490 e. The summed E-state index contributed by atoms with van der Waals surface area (Å²) in [5.41, 5.74) is 1.07. The van der Waals surface area contributed by atoms with E-state index in [1.807, 2.05) is 52.8 Å². The Kier molecular flexibility index (Phi) is 10.8. The molecule has 0 heterocycles. The summed E-state index contributed by atoms with van der Waals surface area (Å²) in [6.45, 7) is 14.7. The summed E-state index contributed by atoms with van der Waals surface area (Å²) >= 11 is 0. The van der Waals surface area contributed by atoms with Crippen molar-refractivity contribution < 1.29 is 14.3 Å². The van der Waals surface area contributed by atoms with Crippen molar-refractivity contribution in [2.24, 2.45) is 10.9 Å². The fraction of sp³-hybridized carbons (Fsp3) is 0.619. The minimum Gasteiger partial charge on any atom is -0.490 e. The van der Waals surface area contributed by atoms with Crippen LogP contribution in [0.2, 0.25) is 0 Å². The molecule has 0 saturated heterocycles. The average Bonchev–Trinajstić information content (AvgIpc) is 2.66. The van der Waals surface area contributed by atoms with Crippen LogP contribution in [-0.2, 0) is 4.79 Å². The molecule has 0 aromatic heterocycles. The number of hydrogen-bond donors (Lipinski definition) is 3. The van der Waals surface area contributed by atoms with Crippen LogP contribution in [0.5, 0.6) is 11.5 Å². The molecule has 3 N–H and O–H groups in total. The first-order valence-electron chi connectivity index (χ1n) is 10.1. The molecule has 158 valence electrons. The number of amides is 1. The molecule has 1 unspecified atom stereocenters. The van der Waals surface area contributed by atoms with E-state index in [4.69, 9.17) is 9.47 Å². The van der Waals surface area contributed by atoms with E-state index in [9.17, 15) is 4.79 Å². The highest BCUT2D eigenvalue weighted by molar-refractivity contribution is 5.80. The lowest BCUT2D eigenvalue weighted by molar-refractivity contribution is -0.123. The third-order valence-corrected chi connectivity index (χ3v) is 3.97. The Bertz CT molecular complexity index is 632. The predicted molar refractivity (Wildman–Crippen MR) is 114 cm³/mol. The summed E-state index contributed by atoms with van der Waals surface area (Å²) in [6, 6.07) is 5.99. The molecule has 1 aromatic carbocycles. The van der Waals surface area contributed by atoms with Crippen molar-refractivity contribution in [1.29, 1.82) is 0 Å². The van der Waals surface area contributed by atoms with Crippen molar-refractivity contribution in [3.63, 3.8) is 0 Å². The van der Waals surface area contributed by atoms with Gasteiger partial charge in [0.15, 0.2) is 17.5 Å². The predicted octanol–water partition coefficient (Wildman–Crippen LogP) is 2.87. The smallest absolute Gasteiger partial charge is 0.222 e. The van der Waals surface area contributed by atoms with Gasteiger partial charge in [0.2, 0.25) is 5.91 Å². The molecule has 0 radical (unpaired) electrons. The Morgan fingerprint density at radius 3 is 2.32 bits per heavy atom. The zero-order valence-corrected chi connectivity index (χ0v) is 18.1. The average molecular weight is 393 g/mol. The third kappa shape index (κ3) is 8.06. The van der Waals surface area contributed by atoms with Crippen LogP contribution >= 0.6 is 0 Å². The Labute approximate surface area is 169 Å². The van der Waals surface area contributed by atoms with Gasteiger partial charge in [-0.15, -0.1) is 0 Å². The van der Waals surface area contributed by atoms with Crippen molar-refractivity contribution in [3.8, 4) is 11.5 Å². The first-order valence-corrected chi connectivity index (χ1v) is 10.1. The van der Waals surface area contributed by atoms with Crippen molar-refractivity contribution in [3.05, 3.63) is 23.8 Å². The molecular formula is C21H36N4O3. The summed E-state index contributed by atoms with van der Waals surface area (Å²) in [5, 5.41) is 9.50. The highest BCUT2D eigenvalue weighted by atomic mass is 16.5. The molecule has 0 aliphatic rings. The number of guanidine groups is 1. The minimum atomic E-state index is -0.0189. The maximum absolute atomic E-state index is 11.6. The van der Waals surface area contributed by atoms with Gasteiger partial charge in [0, 0.05) is 19.0 Å². The van der Waals surface area contributed by atoms with E-state index < -0.39 is 0 Å². The molecule has 7 nitrogen and oxygen atoms in total. The van der Waals surface area contributed by atoms with Crippen molar-refractivity contribution >= 4 is 11.9 Å². The van der Waals surface area contributed by atoms with Gasteiger partial charge in [-0.25, -0.2) is 0 Å². The molecule has 0 spiro atoms. The van der Waals surface area contributed by atoms with E-state index in [1.54, 1.807) is 0 Å². The van der Waals surface area contributed by atoms with Gasteiger partial charge in [0.25, 0.3) is 0 Å². The van der Waals surface area contributed by atoms with Crippen LogP contribution in [0, 0.1) is 5.92 Å². The molecule has 0 fully saturated rings. The van der Waals surface area contributed by atoms with Gasteiger partial charge in [0.05, 0.1) is 25.8 Å². The zero-order valence-electron chi connectivity index (χ0n) is 18.1. The number of nitrogens with zero attached hydrogens (tertiary/aromatic N) is 1. The molecule has 1 rings (SSSR count). The fourth-order valence-corrected chi connectivity index (χ4v) is 2.50. The second kappa shape index (κ2) is 12.9. The Morgan fingerprint density at radius 1 is 1.04 bits per heavy atom. The standard InChI is InChI=1S/C21H36N4O3/c1-7-22-21(24-13-12-23-20(26)15(4)5)25-16(6)17-10-11-18(27-8-2)19(14-17)28-9-3/h10-11,14-16H,7-9,12-13H2,1-6H3,(H,23,26)(H2,22,24,25). The molecule has 0 bridgehead atoms. The topological polar surface area (TPSA) is 84.0 Å². The van der Waals surface area contributed by atoms with Crippen LogP contribution in [0.4, 0.5) is 0 Å². The number of aliphatic imine (C=N–C) groups is 1. The van der Waals surface area contributed by atoms with Gasteiger partial charge < -0.3 is 25.4 Å². The normalized spacial score (nSPS) is 12.5. The summed E-state index contributed by atoms with van der Waals surface area (Å²) in [6.07, 6.45) is 0. The van der Waals surface area contributed by atoms with Crippen LogP contribution in [0.1, 0.15) is 53.1 Å². The van der Waals surface area contributed by atoms with Gasteiger partial charge in [-0.05, 0) is 45.4 Å². The molecule has 1 amide bonds.